The minimum atomic E-state index is 0. The van der Waals surface area contributed by atoms with Crippen LogP contribution in [0.2, 0.25) is 0 Å². The van der Waals surface area contributed by atoms with Crippen molar-refractivity contribution in [3.8, 4) is 55.6 Å². The molecule has 0 amide bonds. The van der Waals surface area contributed by atoms with Gasteiger partial charge in [-0.05, 0) is 98.2 Å². The van der Waals surface area contributed by atoms with Gasteiger partial charge in [0, 0.05) is 164 Å². The van der Waals surface area contributed by atoms with E-state index in [1.807, 2.05) is 203 Å². The summed E-state index contributed by atoms with van der Waals surface area (Å²) in [5.74, 6) is 0. The minimum Gasteiger partial charge on any atom is -0.304 e. The minimum absolute atomic E-state index is 0. The van der Waals surface area contributed by atoms with Gasteiger partial charge < -0.3 is 24.5 Å². The standard InChI is InChI=1S/C20H12.4C16H10.5C6H15N.5C2H6.5Y/c1-2-8-15(9-3-1)20-14-16-10-4-5-11-17(16)18-12-6-7-13-19(18)20;1-2-7-13(8-3-1)16-12-6-10-14-9-4-5-11-15(14)16;3*1-2-6-13(7-3-1)16-11-10-14-8-4-5-9-15(14)12-16;5*1-4-7(5-2)6-3;5*1-2;;;;;/h1-8,10-13H;1-7,9-11H;1-6,8-10,12H;2*1-6,8-11H;5*4-6H2,1-3H3;5*1-2H3;;;;;/q5*-2;;;;;;;;;;;;;;;. The molecule has 0 N–H and O–H groups in total. The van der Waals surface area contributed by atoms with E-state index >= 15 is 0 Å². The molecule has 5 nitrogen and oxygen atoms in total. The fraction of sp³-hybridized carbons (Fsp3) is 0.323. The maximum absolute atomic E-state index is 3.55. The summed E-state index contributed by atoms with van der Waals surface area (Å²) in [5.41, 5.74) is 11.0. The molecular formula is C124H157N5Y5-10. The van der Waals surface area contributed by atoms with Crippen molar-refractivity contribution in [1.82, 2.24) is 24.5 Å². The summed E-state index contributed by atoms with van der Waals surface area (Å²) in [5, 5.41) is 14.6. The Kier molecular flexibility index (Phi) is 88.1. The maximum atomic E-state index is 3.55. The predicted molar refractivity (Wildman–Crippen MR) is 577 cm³/mol. The molecule has 0 saturated carbocycles. The number of benzene rings is 16. The molecule has 0 unspecified atom stereocenters. The van der Waals surface area contributed by atoms with Crippen LogP contribution in [0, 0.1) is 60.7 Å². The molecule has 0 aliphatic heterocycles. The van der Waals surface area contributed by atoms with E-state index in [0.29, 0.717) is 0 Å². The Labute approximate surface area is 943 Å². The SMILES string of the molecule is CC.CC.CC.CC.CC.CCN(CC)CC.CCN(CC)CC.CCN(CC)CC.CCN(CC)CC.CCN(CC)CC.[Y].[Y].[Y].[Y].[Y].[c-]1ccccc1-c1[c-]c2ccccc2c2ccccc12.[c-]1ccccc1-c1[c-]c2ccccc2cc1.[c-]1ccccc1-c1[c-]c2ccccc2cc1.[c-]1ccccc1-c1[c-]cc2ccccc2c1.[c-]1ccccc1-c1[c-]ccc2ccccc12. The van der Waals surface area contributed by atoms with Crippen molar-refractivity contribution in [2.45, 2.75) is 173 Å². The van der Waals surface area contributed by atoms with Crippen LogP contribution in [0.1, 0.15) is 173 Å². The molecule has 703 valence electrons. The van der Waals surface area contributed by atoms with Gasteiger partial charge in [-0.3, -0.25) is 0 Å². The largest absolute Gasteiger partial charge is 0.304 e. The summed E-state index contributed by atoms with van der Waals surface area (Å²) in [6.07, 6.45) is 0. The van der Waals surface area contributed by atoms with Gasteiger partial charge in [0.1, 0.15) is 0 Å². The van der Waals surface area contributed by atoms with Crippen molar-refractivity contribution in [3.05, 3.63) is 376 Å². The van der Waals surface area contributed by atoms with Crippen molar-refractivity contribution in [1.29, 1.82) is 0 Å². The molecule has 16 rings (SSSR count). The quantitative estimate of drug-likeness (QED) is 0.0557. The monoisotopic (exact) mass is 2160 g/mol. The van der Waals surface area contributed by atoms with E-state index < -0.39 is 0 Å². The molecule has 0 saturated heterocycles. The van der Waals surface area contributed by atoms with Gasteiger partial charge in [0.2, 0.25) is 0 Å². The van der Waals surface area contributed by atoms with E-state index in [4.69, 9.17) is 0 Å². The van der Waals surface area contributed by atoms with E-state index in [1.165, 1.54) is 147 Å². The summed E-state index contributed by atoms with van der Waals surface area (Å²) >= 11 is 0. The fourth-order valence-corrected chi connectivity index (χ4v) is 13.5. The molecule has 0 bridgehead atoms. The molecule has 0 aliphatic carbocycles. The molecule has 5 radical (unpaired) electrons. The van der Waals surface area contributed by atoms with Gasteiger partial charge in [0.15, 0.2) is 0 Å². The van der Waals surface area contributed by atoms with Gasteiger partial charge in [-0.2, -0.15) is 193 Å². The van der Waals surface area contributed by atoms with E-state index in [1.54, 1.807) is 0 Å². The second-order valence-electron chi connectivity index (χ2n) is 27.9. The maximum Gasteiger partial charge on any atom is 0 e. The average molecular weight is 2160 g/mol. The van der Waals surface area contributed by atoms with Crippen molar-refractivity contribution in [2.75, 3.05) is 98.2 Å². The third-order valence-electron chi connectivity index (χ3n) is 21.1. The van der Waals surface area contributed by atoms with Crippen molar-refractivity contribution in [2.24, 2.45) is 0 Å². The fourth-order valence-electron chi connectivity index (χ4n) is 13.5. The summed E-state index contributed by atoms with van der Waals surface area (Å²) < 4.78 is 0. The normalized spacial score (nSPS) is 9.57. The Morgan fingerprint density at radius 1 is 0.172 bits per heavy atom. The zero-order valence-corrected chi connectivity index (χ0v) is 101. The first-order valence-electron chi connectivity index (χ1n) is 48.3. The van der Waals surface area contributed by atoms with Crippen molar-refractivity contribution in [3.63, 3.8) is 0 Å². The Hall–Kier alpha value is -5.60. The molecule has 0 aromatic heterocycles. The molecule has 10 heteroatoms. The Balaban J connectivity index is -0.000000706. The van der Waals surface area contributed by atoms with Gasteiger partial charge in [0.25, 0.3) is 0 Å². The second-order valence-corrected chi connectivity index (χ2v) is 27.9. The molecule has 0 fully saturated rings. The molecule has 0 atom stereocenters. The molecule has 0 aliphatic rings. The van der Waals surface area contributed by atoms with Crippen LogP contribution in [0.3, 0.4) is 0 Å². The van der Waals surface area contributed by atoms with Crippen LogP contribution < -0.4 is 0 Å². The molecule has 0 heterocycles. The van der Waals surface area contributed by atoms with E-state index in [9.17, 15) is 0 Å². The smallest absolute Gasteiger partial charge is 0 e. The van der Waals surface area contributed by atoms with Gasteiger partial charge in [0.05, 0.1) is 0 Å². The zero-order valence-electron chi connectivity index (χ0n) is 86.8. The first kappa shape index (κ1) is 135. The number of rotatable bonds is 20. The Morgan fingerprint density at radius 3 is 0.776 bits per heavy atom. The number of nitrogens with zero attached hydrogens (tertiary/aromatic N) is 5. The summed E-state index contributed by atoms with van der Waals surface area (Å²) in [4.78, 5) is 11.9. The van der Waals surface area contributed by atoms with E-state index in [0.717, 1.165) is 71.8 Å². The van der Waals surface area contributed by atoms with Gasteiger partial charge >= 0.3 is 0 Å². The van der Waals surface area contributed by atoms with Crippen LogP contribution in [0.25, 0.3) is 120 Å². The summed E-state index contributed by atoms with van der Waals surface area (Å²) in [6.45, 7) is 70.6. The Bertz CT molecular complexity index is 4980. The van der Waals surface area contributed by atoms with Crippen LogP contribution in [0.5, 0.6) is 0 Å². The number of hydrogen-bond donors (Lipinski definition) is 0. The predicted octanol–water partition coefficient (Wildman–Crippen LogP) is 33.5. The van der Waals surface area contributed by atoms with Crippen molar-refractivity contribution >= 4 is 64.6 Å². The molecule has 134 heavy (non-hydrogen) atoms. The second kappa shape index (κ2) is 87.6. The topological polar surface area (TPSA) is 16.2 Å². The van der Waals surface area contributed by atoms with Crippen LogP contribution in [0.4, 0.5) is 0 Å². The van der Waals surface area contributed by atoms with Gasteiger partial charge in [-0.15, -0.1) is 122 Å². The zero-order chi connectivity index (χ0) is 95.0. The van der Waals surface area contributed by atoms with Gasteiger partial charge in [-0.25, -0.2) is 38.9 Å². The van der Waals surface area contributed by atoms with Crippen LogP contribution >= 0.6 is 0 Å². The van der Waals surface area contributed by atoms with E-state index in [2.05, 4.69) is 371 Å². The molecule has 0 spiro atoms. The third-order valence-corrected chi connectivity index (χ3v) is 21.1. The average Bonchev–Trinajstić information content (AvgIpc) is 0.765. The van der Waals surface area contributed by atoms with E-state index in [-0.39, 0.29) is 164 Å². The molecular weight excluding hydrogens is 2000 g/mol. The van der Waals surface area contributed by atoms with Crippen LogP contribution in [-0.2, 0) is 164 Å². The molecule has 16 aromatic carbocycles. The third kappa shape index (κ3) is 50.0. The Morgan fingerprint density at radius 2 is 0.440 bits per heavy atom. The number of fused-ring (bicyclic) bond motifs is 7. The summed E-state index contributed by atoms with van der Waals surface area (Å²) in [6, 6.07) is 140. The van der Waals surface area contributed by atoms with Crippen molar-refractivity contribution < 1.29 is 164 Å². The first-order valence-corrected chi connectivity index (χ1v) is 48.3. The van der Waals surface area contributed by atoms with Crippen LogP contribution in [0.15, 0.2) is 315 Å². The van der Waals surface area contributed by atoms with Crippen LogP contribution in [-0.4, -0.2) is 123 Å². The summed E-state index contributed by atoms with van der Waals surface area (Å²) in [7, 11) is 0. The first-order chi connectivity index (χ1) is 63.4. The van der Waals surface area contributed by atoms with Gasteiger partial charge in [-0.1, -0.05) is 316 Å². The molecule has 16 aromatic rings. The number of hydrogen-bond acceptors (Lipinski definition) is 5.